The van der Waals surface area contributed by atoms with E-state index in [9.17, 15) is 4.79 Å². The molecule has 1 aromatic heterocycles. The summed E-state index contributed by atoms with van der Waals surface area (Å²) in [6.45, 7) is 4.37. The number of hydrogen-bond donors (Lipinski definition) is 2. The first kappa shape index (κ1) is 28.8. The minimum Gasteiger partial charge on any atom is -0.360 e. The molecule has 2 heterocycles. The van der Waals surface area contributed by atoms with Crippen LogP contribution in [0.15, 0.2) is 12.2 Å². The highest BCUT2D eigenvalue weighted by atomic mass is 32.1. The van der Waals surface area contributed by atoms with Gasteiger partial charge in [-0.3, -0.25) is 4.79 Å². The molecular formula is C27H49N5OS. The first-order chi connectivity index (χ1) is 16.7. The van der Waals surface area contributed by atoms with Gasteiger partial charge >= 0.3 is 0 Å². The Hall–Kier alpha value is -1.47. The van der Waals surface area contributed by atoms with Crippen LogP contribution in [0.2, 0.25) is 0 Å². The first-order valence-corrected chi connectivity index (χ1v) is 14.7. The Kier molecular flexibility index (Phi) is 15.9. The zero-order valence-corrected chi connectivity index (χ0v) is 22.6. The quantitative estimate of drug-likeness (QED) is 0.147. The molecule has 1 aromatic rings. The lowest BCUT2D eigenvalue weighted by molar-refractivity contribution is -0.116. The van der Waals surface area contributed by atoms with Crippen molar-refractivity contribution in [3.63, 3.8) is 0 Å². The summed E-state index contributed by atoms with van der Waals surface area (Å²) in [7, 11) is 2.20. The monoisotopic (exact) mass is 491 g/mol. The summed E-state index contributed by atoms with van der Waals surface area (Å²) in [5.74, 6) is 0.0490. The van der Waals surface area contributed by atoms with Crippen LogP contribution in [-0.4, -0.2) is 47.2 Å². The zero-order valence-electron chi connectivity index (χ0n) is 21.8. The van der Waals surface area contributed by atoms with Gasteiger partial charge in [-0.2, -0.15) is 0 Å². The Balaban J connectivity index is 1.39. The lowest BCUT2D eigenvalue weighted by Gasteiger charge is -2.18. The predicted octanol–water partition coefficient (Wildman–Crippen LogP) is 7.41. The molecule has 0 bridgehead atoms. The highest BCUT2D eigenvalue weighted by molar-refractivity contribution is 7.19. The molecule has 0 aliphatic carbocycles. The number of rotatable bonds is 20. The molecule has 0 radical (unpaired) electrons. The number of anilines is 2. The molecule has 7 heteroatoms. The van der Waals surface area contributed by atoms with Gasteiger partial charge < -0.3 is 15.5 Å². The maximum absolute atomic E-state index is 12.2. The van der Waals surface area contributed by atoms with Crippen molar-refractivity contribution in [1.29, 1.82) is 0 Å². The van der Waals surface area contributed by atoms with Gasteiger partial charge in [0, 0.05) is 19.0 Å². The van der Waals surface area contributed by atoms with Gasteiger partial charge in [-0.1, -0.05) is 81.8 Å². The third kappa shape index (κ3) is 13.4. The van der Waals surface area contributed by atoms with Gasteiger partial charge in [0.1, 0.15) is 0 Å². The van der Waals surface area contributed by atoms with E-state index in [0.29, 0.717) is 17.6 Å². The Morgan fingerprint density at radius 1 is 0.971 bits per heavy atom. The molecule has 2 N–H and O–H groups in total. The van der Waals surface area contributed by atoms with E-state index in [1.807, 2.05) is 0 Å². The van der Waals surface area contributed by atoms with Crippen molar-refractivity contribution in [2.45, 2.75) is 122 Å². The fraction of sp³-hybridized carbons (Fsp3) is 0.815. The number of unbranched alkanes of at least 4 members (excludes halogenated alkanes) is 11. The number of nitrogens with one attached hydrogen (secondary N) is 2. The molecule has 1 aliphatic rings. The van der Waals surface area contributed by atoms with Crippen LogP contribution in [0.3, 0.4) is 0 Å². The number of carbonyl (C=O) groups excluding carboxylic acids is 1. The standard InChI is InChI=1S/C27H49N5OS/c1-3-4-5-6-7-8-9-10-11-12-13-14-15-16-17-20-25(33)29-27-31-30-26(34-27)28-22-21-24-19-18-23-32(24)2/h10-11,24H,3-9,12-23H2,1-2H3,(H,28,30)(H,29,31,33). The number of likely N-dealkylation sites (tertiary alicyclic amines) is 1. The Labute approximate surface area is 212 Å². The summed E-state index contributed by atoms with van der Waals surface area (Å²) < 4.78 is 0. The molecule has 1 atom stereocenters. The van der Waals surface area contributed by atoms with Crippen LogP contribution < -0.4 is 10.6 Å². The van der Waals surface area contributed by atoms with E-state index >= 15 is 0 Å². The molecule has 1 aliphatic heterocycles. The van der Waals surface area contributed by atoms with E-state index in [0.717, 1.165) is 30.9 Å². The molecular weight excluding hydrogens is 442 g/mol. The topological polar surface area (TPSA) is 70.1 Å². The fourth-order valence-corrected chi connectivity index (χ4v) is 5.26. The van der Waals surface area contributed by atoms with Crippen molar-refractivity contribution in [2.75, 3.05) is 30.8 Å². The van der Waals surface area contributed by atoms with Crippen molar-refractivity contribution in [1.82, 2.24) is 15.1 Å². The maximum atomic E-state index is 12.2. The largest absolute Gasteiger partial charge is 0.360 e. The van der Waals surface area contributed by atoms with E-state index < -0.39 is 0 Å². The molecule has 0 saturated carbocycles. The summed E-state index contributed by atoms with van der Waals surface area (Å²) in [4.78, 5) is 14.6. The van der Waals surface area contributed by atoms with Crippen LogP contribution >= 0.6 is 11.3 Å². The summed E-state index contributed by atoms with van der Waals surface area (Å²) in [5.41, 5.74) is 0. The SMILES string of the molecule is CCCCCCCCC=CCCCCCCCC(=O)Nc1nnc(NCCC2CCCN2C)s1. The lowest BCUT2D eigenvalue weighted by Crippen LogP contribution is -2.26. The van der Waals surface area contributed by atoms with Crippen LogP contribution in [-0.2, 0) is 4.79 Å². The van der Waals surface area contributed by atoms with E-state index in [4.69, 9.17) is 0 Å². The van der Waals surface area contributed by atoms with Crippen molar-refractivity contribution >= 4 is 27.5 Å². The molecule has 34 heavy (non-hydrogen) atoms. The maximum Gasteiger partial charge on any atom is 0.226 e. The second-order valence-electron chi connectivity index (χ2n) is 9.79. The van der Waals surface area contributed by atoms with Gasteiger partial charge in [0.05, 0.1) is 0 Å². The van der Waals surface area contributed by atoms with E-state index in [-0.39, 0.29) is 5.91 Å². The molecule has 2 rings (SSSR count). The number of nitrogens with zero attached hydrogens (tertiary/aromatic N) is 3. The van der Waals surface area contributed by atoms with Gasteiger partial charge in [-0.25, -0.2) is 0 Å². The highest BCUT2D eigenvalue weighted by Crippen LogP contribution is 2.22. The van der Waals surface area contributed by atoms with Crippen LogP contribution in [0.1, 0.15) is 116 Å². The van der Waals surface area contributed by atoms with Crippen LogP contribution in [0, 0.1) is 0 Å². The minimum absolute atomic E-state index is 0.0490. The smallest absolute Gasteiger partial charge is 0.226 e. The van der Waals surface area contributed by atoms with Crippen molar-refractivity contribution in [2.24, 2.45) is 0 Å². The van der Waals surface area contributed by atoms with Gasteiger partial charge in [0.25, 0.3) is 0 Å². The molecule has 0 aromatic carbocycles. The third-order valence-electron chi connectivity index (χ3n) is 6.76. The molecule has 1 fully saturated rings. The number of hydrogen-bond acceptors (Lipinski definition) is 6. The normalized spacial score (nSPS) is 16.5. The van der Waals surface area contributed by atoms with E-state index in [1.54, 1.807) is 0 Å². The lowest BCUT2D eigenvalue weighted by atomic mass is 10.1. The van der Waals surface area contributed by atoms with Crippen molar-refractivity contribution in [3.8, 4) is 0 Å². The van der Waals surface area contributed by atoms with Gasteiger partial charge in [-0.15, -0.1) is 10.2 Å². The second-order valence-corrected chi connectivity index (χ2v) is 10.8. The van der Waals surface area contributed by atoms with E-state index in [2.05, 4.69) is 51.9 Å². The van der Waals surface area contributed by atoms with Crippen LogP contribution in [0.25, 0.3) is 0 Å². The number of aromatic nitrogens is 2. The highest BCUT2D eigenvalue weighted by Gasteiger charge is 2.20. The Morgan fingerprint density at radius 3 is 2.29 bits per heavy atom. The Morgan fingerprint density at radius 2 is 1.62 bits per heavy atom. The zero-order chi connectivity index (χ0) is 24.3. The molecule has 1 unspecified atom stereocenters. The number of carbonyl (C=O) groups is 1. The van der Waals surface area contributed by atoms with Crippen LogP contribution in [0.4, 0.5) is 10.3 Å². The summed E-state index contributed by atoms with van der Waals surface area (Å²) in [6.07, 6.45) is 25.5. The predicted molar refractivity (Wildman–Crippen MR) is 147 cm³/mol. The van der Waals surface area contributed by atoms with Crippen molar-refractivity contribution in [3.05, 3.63) is 12.2 Å². The molecule has 1 saturated heterocycles. The first-order valence-electron chi connectivity index (χ1n) is 13.9. The number of amides is 1. The van der Waals surface area contributed by atoms with Crippen LogP contribution in [0.5, 0.6) is 0 Å². The summed E-state index contributed by atoms with van der Waals surface area (Å²) >= 11 is 1.42. The van der Waals surface area contributed by atoms with Gasteiger partial charge in [0.2, 0.25) is 16.2 Å². The van der Waals surface area contributed by atoms with Gasteiger partial charge in [0.15, 0.2) is 0 Å². The summed E-state index contributed by atoms with van der Waals surface area (Å²) in [5, 5.41) is 15.9. The molecule has 6 nitrogen and oxygen atoms in total. The van der Waals surface area contributed by atoms with Crippen molar-refractivity contribution < 1.29 is 4.79 Å². The average molecular weight is 492 g/mol. The molecule has 1 amide bonds. The molecule has 0 spiro atoms. The Bertz CT molecular complexity index is 678. The number of allylic oxidation sites excluding steroid dienone is 2. The minimum atomic E-state index is 0.0490. The summed E-state index contributed by atoms with van der Waals surface area (Å²) in [6, 6.07) is 0.672. The second kappa shape index (κ2) is 18.8. The van der Waals surface area contributed by atoms with E-state index in [1.165, 1.54) is 101 Å². The van der Waals surface area contributed by atoms with Gasteiger partial charge in [-0.05, 0) is 65.0 Å². The molecule has 194 valence electrons. The fourth-order valence-electron chi connectivity index (χ4n) is 4.57. The third-order valence-corrected chi connectivity index (χ3v) is 7.56. The average Bonchev–Trinajstić information content (AvgIpc) is 3.45.